The number of esters is 2. The molecule has 2 aliphatic heterocycles. The van der Waals surface area contributed by atoms with Crippen molar-refractivity contribution in [2.24, 2.45) is 5.41 Å². The number of nitrogens with zero attached hydrogens (tertiary/aromatic N) is 2. The van der Waals surface area contributed by atoms with E-state index < -0.39 is 28.8 Å². The molecule has 2 heterocycles. The first-order valence-electron chi connectivity index (χ1n) is 9.59. The second kappa shape index (κ2) is 7.55. The molecule has 4 rings (SSSR count). The first-order chi connectivity index (χ1) is 14.9. The van der Waals surface area contributed by atoms with Crippen molar-refractivity contribution in [2.75, 3.05) is 37.8 Å². The number of likely N-dealkylation sites (N-methyl/N-ethyl adjacent to an activating group) is 1. The average Bonchev–Trinajstić information content (AvgIpc) is 3.01. The van der Waals surface area contributed by atoms with Gasteiger partial charge in [-0.3, -0.25) is 19.2 Å². The molecule has 31 heavy (non-hydrogen) atoms. The lowest BCUT2D eigenvalue weighted by molar-refractivity contribution is -0.191. The van der Waals surface area contributed by atoms with E-state index in [1.54, 1.807) is 55.6 Å². The van der Waals surface area contributed by atoms with Gasteiger partial charge < -0.3 is 14.4 Å². The van der Waals surface area contributed by atoms with Crippen molar-refractivity contribution in [2.45, 2.75) is 12.0 Å². The zero-order valence-corrected chi connectivity index (χ0v) is 18.0. The van der Waals surface area contributed by atoms with Crippen molar-refractivity contribution < 1.29 is 28.7 Å². The predicted molar refractivity (Wildman–Crippen MR) is 112 cm³/mol. The first-order valence-corrected chi connectivity index (χ1v) is 9.97. The Morgan fingerprint density at radius 2 is 1.74 bits per heavy atom. The Morgan fingerprint density at radius 3 is 2.39 bits per heavy atom. The third-order valence-electron chi connectivity index (χ3n) is 6.00. The molecule has 0 radical (unpaired) electrons. The minimum absolute atomic E-state index is 0.0301. The van der Waals surface area contributed by atoms with E-state index in [-0.39, 0.29) is 13.0 Å². The van der Waals surface area contributed by atoms with Crippen LogP contribution in [0.2, 0.25) is 5.02 Å². The number of hydrogen-bond donors (Lipinski definition) is 0. The van der Waals surface area contributed by atoms with Crippen molar-refractivity contribution in [1.82, 2.24) is 0 Å². The lowest BCUT2D eigenvalue weighted by Crippen LogP contribution is -2.71. The number of ether oxygens (including phenoxy) is 2. The number of methoxy groups -OCH3 is 2. The number of hydroxylamine groups is 1. The summed E-state index contributed by atoms with van der Waals surface area (Å²) >= 11 is 6.21. The van der Waals surface area contributed by atoms with Crippen molar-refractivity contribution in [3.05, 3.63) is 59.1 Å². The number of rotatable bonds is 3. The maximum absolute atomic E-state index is 14.0. The van der Waals surface area contributed by atoms with Crippen LogP contribution in [-0.2, 0) is 34.2 Å². The number of para-hydroxylation sites is 1. The Bertz CT molecular complexity index is 1060. The molecule has 0 saturated carbocycles. The molecular weight excluding hydrogens is 424 g/mol. The highest BCUT2D eigenvalue weighted by molar-refractivity contribution is 6.30. The minimum atomic E-state index is -2.02. The van der Waals surface area contributed by atoms with Crippen molar-refractivity contribution in [3.63, 3.8) is 0 Å². The van der Waals surface area contributed by atoms with Gasteiger partial charge in [0.15, 0.2) is 5.54 Å². The van der Waals surface area contributed by atoms with E-state index >= 15 is 0 Å². The molecule has 1 amide bonds. The molecule has 1 fully saturated rings. The summed E-state index contributed by atoms with van der Waals surface area (Å²) in [6, 6.07) is 13.6. The van der Waals surface area contributed by atoms with Crippen LogP contribution in [0.4, 0.5) is 11.4 Å². The summed E-state index contributed by atoms with van der Waals surface area (Å²) in [6.45, 7) is -0.0301. The summed E-state index contributed by atoms with van der Waals surface area (Å²) in [4.78, 5) is 48.1. The number of hydrogen-bond acceptors (Lipinski definition) is 7. The van der Waals surface area contributed by atoms with E-state index in [9.17, 15) is 14.4 Å². The van der Waals surface area contributed by atoms with Gasteiger partial charge in [0.2, 0.25) is 5.41 Å². The molecule has 8 nitrogen and oxygen atoms in total. The van der Waals surface area contributed by atoms with E-state index in [1.165, 1.54) is 24.2 Å². The van der Waals surface area contributed by atoms with Gasteiger partial charge in [-0.15, -0.1) is 0 Å². The van der Waals surface area contributed by atoms with E-state index in [1.807, 2.05) is 0 Å². The minimum Gasteiger partial charge on any atom is -0.468 e. The van der Waals surface area contributed by atoms with Gasteiger partial charge in [-0.2, -0.15) is 0 Å². The standard InChI is InChI=1S/C22H21ClN2O6/c1-24-17-10-5-4-9-16(17)22(18(24)26)21(19(27)29-2,20(28)30-3)11-12-31-25(22)15-8-6-7-14(23)13-15/h4-10,13H,11-12H2,1-3H3. The van der Waals surface area contributed by atoms with Gasteiger partial charge in [0.05, 0.1) is 26.5 Å². The maximum atomic E-state index is 14.0. The number of carbonyl (C=O) groups is 3. The molecule has 0 bridgehead atoms. The molecule has 0 aliphatic carbocycles. The monoisotopic (exact) mass is 444 g/mol. The van der Waals surface area contributed by atoms with Crippen LogP contribution in [0, 0.1) is 5.41 Å². The average molecular weight is 445 g/mol. The summed E-state index contributed by atoms with van der Waals surface area (Å²) in [7, 11) is 3.93. The summed E-state index contributed by atoms with van der Waals surface area (Å²) in [6.07, 6.45) is -0.114. The van der Waals surface area contributed by atoms with Crippen LogP contribution in [0.15, 0.2) is 48.5 Å². The fraction of sp³-hybridized carbons (Fsp3) is 0.318. The van der Waals surface area contributed by atoms with Gasteiger partial charge in [-0.1, -0.05) is 35.9 Å². The fourth-order valence-electron chi connectivity index (χ4n) is 4.69. The normalized spacial score (nSPS) is 21.7. The Labute approximate surface area is 184 Å². The molecule has 2 aromatic rings. The molecule has 2 aliphatic rings. The van der Waals surface area contributed by atoms with Crippen LogP contribution < -0.4 is 9.96 Å². The first kappa shape index (κ1) is 21.1. The maximum Gasteiger partial charge on any atom is 0.326 e. The quantitative estimate of drug-likeness (QED) is 0.531. The van der Waals surface area contributed by atoms with E-state index in [2.05, 4.69) is 0 Å². The Balaban J connectivity index is 2.14. The highest BCUT2D eigenvalue weighted by Gasteiger charge is 2.76. The molecule has 1 spiro atoms. The van der Waals surface area contributed by atoms with Crippen LogP contribution in [0.3, 0.4) is 0 Å². The van der Waals surface area contributed by atoms with Crippen LogP contribution in [0.5, 0.6) is 0 Å². The van der Waals surface area contributed by atoms with E-state index in [0.717, 1.165) is 0 Å². The summed E-state index contributed by atoms with van der Waals surface area (Å²) < 4.78 is 10.2. The van der Waals surface area contributed by atoms with Gasteiger partial charge in [-0.25, -0.2) is 5.06 Å². The third-order valence-corrected chi connectivity index (χ3v) is 6.23. The van der Waals surface area contributed by atoms with Gasteiger partial charge in [0.1, 0.15) is 0 Å². The Morgan fingerprint density at radius 1 is 1.06 bits per heavy atom. The molecule has 2 aromatic carbocycles. The summed E-state index contributed by atoms with van der Waals surface area (Å²) in [5.41, 5.74) is -2.54. The van der Waals surface area contributed by atoms with Crippen LogP contribution in [0.25, 0.3) is 0 Å². The number of carbonyl (C=O) groups excluding carboxylic acids is 3. The van der Waals surface area contributed by atoms with Gasteiger partial charge in [0.25, 0.3) is 5.91 Å². The Hall–Kier alpha value is -3.10. The van der Waals surface area contributed by atoms with Gasteiger partial charge >= 0.3 is 11.9 Å². The zero-order chi connectivity index (χ0) is 22.4. The zero-order valence-electron chi connectivity index (χ0n) is 17.3. The number of halogens is 1. The fourth-order valence-corrected chi connectivity index (χ4v) is 4.88. The van der Waals surface area contributed by atoms with Gasteiger partial charge in [-0.05, 0) is 24.3 Å². The van der Waals surface area contributed by atoms with Crippen LogP contribution >= 0.6 is 11.6 Å². The van der Waals surface area contributed by atoms with E-state index in [4.69, 9.17) is 25.9 Å². The highest BCUT2D eigenvalue weighted by Crippen LogP contribution is 2.59. The second-order valence-corrected chi connectivity index (χ2v) is 7.77. The summed E-state index contributed by atoms with van der Waals surface area (Å²) in [5.74, 6) is -2.29. The second-order valence-electron chi connectivity index (χ2n) is 7.34. The molecule has 0 N–H and O–H groups in total. The van der Waals surface area contributed by atoms with Crippen molar-refractivity contribution in [3.8, 4) is 0 Å². The number of amides is 1. The van der Waals surface area contributed by atoms with Crippen LogP contribution in [-0.4, -0.2) is 45.7 Å². The molecule has 1 unspecified atom stereocenters. The smallest absolute Gasteiger partial charge is 0.326 e. The topological polar surface area (TPSA) is 85.4 Å². The molecule has 9 heteroatoms. The Kier molecular flexibility index (Phi) is 5.15. The number of fused-ring (bicyclic) bond motifs is 2. The highest BCUT2D eigenvalue weighted by atomic mass is 35.5. The van der Waals surface area contributed by atoms with Crippen molar-refractivity contribution in [1.29, 1.82) is 0 Å². The third kappa shape index (κ3) is 2.61. The summed E-state index contributed by atoms with van der Waals surface area (Å²) in [5, 5.41) is 1.71. The predicted octanol–water partition coefficient (Wildman–Crippen LogP) is 2.69. The molecule has 0 aromatic heterocycles. The molecule has 162 valence electrons. The molecular formula is C22H21ClN2O6. The lowest BCUT2D eigenvalue weighted by Gasteiger charge is -2.52. The van der Waals surface area contributed by atoms with Crippen LogP contribution in [0.1, 0.15) is 12.0 Å². The number of benzene rings is 2. The number of anilines is 2. The van der Waals surface area contributed by atoms with E-state index in [0.29, 0.717) is 22.0 Å². The largest absolute Gasteiger partial charge is 0.468 e. The van der Waals surface area contributed by atoms with Crippen molar-refractivity contribution >= 4 is 40.8 Å². The molecule has 1 atom stereocenters. The lowest BCUT2D eigenvalue weighted by atomic mass is 9.62. The van der Waals surface area contributed by atoms with Gasteiger partial charge in [0, 0.05) is 29.7 Å². The SMILES string of the molecule is COC(=O)C1(C(=O)OC)CCON(c2cccc(Cl)c2)C12C(=O)N(C)c1ccccc12. The molecule has 1 saturated heterocycles.